The Hall–Kier alpha value is -2.66. The molecule has 4 nitrogen and oxygen atoms in total. The summed E-state index contributed by atoms with van der Waals surface area (Å²) >= 11 is 5.76. The van der Waals surface area contributed by atoms with Crippen LogP contribution in [-0.2, 0) is 0 Å². The highest BCUT2D eigenvalue weighted by Gasteiger charge is 2.14. The zero-order valence-electron chi connectivity index (χ0n) is 12.8. The Kier molecular flexibility index (Phi) is 4.36. The molecule has 0 bridgehead atoms. The molecule has 0 saturated heterocycles. The summed E-state index contributed by atoms with van der Waals surface area (Å²) in [6.45, 7) is 1.75. The first-order valence-electron chi connectivity index (χ1n) is 7.33. The lowest BCUT2D eigenvalue weighted by molar-refractivity contribution is 0.0935. The third kappa shape index (κ3) is 3.16. The number of halogens is 2. The summed E-state index contributed by atoms with van der Waals surface area (Å²) in [4.78, 5) is 27.0. The minimum atomic E-state index is -0.516. The molecule has 1 amide bonds. The van der Waals surface area contributed by atoms with E-state index in [0.717, 1.165) is 0 Å². The van der Waals surface area contributed by atoms with E-state index in [4.69, 9.17) is 11.6 Å². The largest absolute Gasteiger partial charge is 0.344 e. The van der Waals surface area contributed by atoms with E-state index in [1.807, 2.05) is 0 Å². The van der Waals surface area contributed by atoms with Crippen LogP contribution in [0.2, 0.25) is 5.02 Å². The summed E-state index contributed by atoms with van der Waals surface area (Å²) in [5.41, 5.74) is 0.507. The monoisotopic (exact) mass is 344 g/mol. The minimum absolute atomic E-state index is 0.00675. The second kappa shape index (κ2) is 6.45. The number of benzene rings is 2. The highest BCUT2D eigenvalue weighted by molar-refractivity contribution is 6.30. The van der Waals surface area contributed by atoms with Gasteiger partial charge in [0.25, 0.3) is 11.5 Å². The summed E-state index contributed by atoms with van der Waals surface area (Å²) in [6.07, 6.45) is 0. The Labute approximate surface area is 142 Å². The van der Waals surface area contributed by atoms with Gasteiger partial charge in [0, 0.05) is 5.39 Å². The quantitative estimate of drug-likeness (QED) is 0.759. The number of H-pyrrole nitrogens is 1. The molecule has 1 atom stereocenters. The SMILES string of the molecule is CC(NC(=O)c1cc2ccccc2c(=O)[nH]1)c1ccc(F)c(Cl)c1. The van der Waals surface area contributed by atoms with E-state index in [1.165, 1.54) is 12.1 Å². The molecule has 1 aromatic heterocycles. The molecule has 0 aliphatic rings. The van der Waals surface area contributed by atoms with Crippen LogP contribution in [0.1, 0.15) is 29.0 Å². The second-order valence-electron chi connectivity index (χ2n) is 5.47. The van der Waals surface area contributed by atoms with Crippen LogP contribution >= 0.6 is 11.6 Å². The average Bonchev–Trinajstić information content (AvgIpc) is 2.57. The van der Waals surface area contributed by atoms with Crippen molar-refractivity contribution < 1.29 is 9.18 Å². The highest BCUT2D eigenvalue weighted by atomic mass is 35.5. The molecule has 0 saturated carbocycles. The summed E-state index contributed by atoms with van der Waals surface area (Å²) in [7, 11) is 0. The van der Waals surface area contributed by atoms with Crippen molar-refractivity contribution in [3.05, 3.63) is 81.0 Å². The maximum Gasteiger partial charge on any atom is 0.268 e. The molecule has 0 aliphatic heterocycles. The maximum absolute atomic E-state index is 13.2. The average molecular weight is 345 g/mol. The van der Waals surface area contributed by atoms with Crippen LogP contribution in [0.3, 0.4) is 0 Å². The Morgan fingerprint density at radius 1 is 1.21 bits per heavy atom. The van der Waals surface area contributed by atoms with Crippen LogP contribution in [0.25, 0.3) is 10.8 Å². The van der Waals surface area contributed by atoms with E-state index in [-0.39, 0.29) is 16.3 Å². The molecule has 3 aromatic rings. The third-order valence-electron chi connectivity index (χ3n) is 3.79. The van der Waals surface area contributed by atoms with Gasteiger partial charge in [-0.15, -0.1) is 0 Å². The maximum atomic E-state index is 13.2. The Morgan fingerprint density at radius 3 is 2.71 bits per heavy atom. The number of aromatic amines is 1. The van der Waals surface area contributed by atoms with Gasteiger partial charge < -0.3 is 10.3 Å². The summed E-state index contributed by atoms with van der Waals surface area (Å²) in [5, 5.41) is 3.96. The molecular weight excluding hydrogens is 331 g/mol. The van der Waals surface area contributed by atoms with Gasteiger partial charge in [0.1, 0.15) is 11.5 Å². The van der Waals surface area contributed by atoms with E-state index >= 15 is 0 Å². The van der Waals surface area contributed by atoms with Crippen molar-refractivity contribution in [1.29, 1.82) is 0 Å². The van der Waals surface area contributed by atoms with E-state index in [1.54, 1.807) is 43.3 Å². The minimum Gasteiger partial charge on any atom is -0.344 e. The van der Waals surface area contributed by atoms with Crippen LogP contribution in [0.4, 0.5) is 4.39 Å². The molecule has 0 aliphatic carbocycles. The zero-order chi connectivity index (χ0) is 17.3. The fourth-order valence-electron chi connectivity index (χ4n) is 2.47. The standard InChI is InChI=1S/C18H14ClFN2O2/c1-10(11-6-7-15(20)14(19)8-11)21-18(24)16-9-12-4-2-3-5-13(12)17(23)22-16/h2-10H,1H3,(H,21,24)(H,22,23). The molecule has 6 heteroatoms. The first kappa shape index (κ1) is 16.2. The van der Waals surface area contributed by atoms with Crippen molar-refractivity contribution >= 4 is 28.3 Å². The van der Waals surface area contributed by atoms with Gasteiger partial charge in [-0.05, 0) is 42.1 Å². The van der Waals surface area contributed by atoms with E-state index < -0.39 is 17.8 Å². The molecule has 0 fully saturated rings. The van der Waals surface area contributed by atoms with Crippen LogP contribution in [0.15, 0.2) is 53.3 Å². The molecule has 3 rings (SSSR count). The number of carbonyl (C=O) groups excluding carboxylic acids is 1. The van der Waals surface area contributed by atoms with Gasteiger partial charge in [0.15, 0.2) is 0 Å². The number of rotatable bonds is 3. The molecule has 122 valence electrons. The van der Waals surface area contributed by atoms with Crippen molar-refractivity contribution in [2.24, 2.45) is 0 Å². The lowest BCUT2D eigenvalue weighted by atomic mass is 10.1. The zero-order valence-corrected chi connectivity index (χ0v) is 13.5. The number of carbonyl (C=O) groups is 1. The van der Waals surface area contributed by atoms with Crippen LogP contribution in [-0.4, -0.2) is 10.9 Å². The van der Waals surface area contributed by atoms with Gasteiger partial charge in [-0.1, -0.05) is 35.9 Å². The fraction of sp³-hybridized carbons (Fsp3) is 0.111. The first-order chi connectivity index (χ1) is 11.5. The van der Waals surface area contributed by atoms with E-state index in [0.29, 0.717) is 16.3 Å². The first-order valence-corrected chi connectivity index (χ1v) is 7.71. The predicted octanol–water partition coefficient (Wildman–Crippen LogP) is 3.81. The van der Waals surface area contributed by atoms with Crippen molar-refractivity contribution in [3.63, 3.8) is 0 Å². The molecule has 0 spiro atoms. The third-order valence-corrected chi connectivity index (χ3v) is 4.08. The molecule has 2 aromatic carbocycles. The van der Waals surface area contributed by atoms with Crippen LogP contribution < -0.4 is 10.9 Å². The molecule has 1 heterocycles. The summed E-state index contributed by atoms with van der Waals surface area (Å²) in [6, 6.07) is 12.5. The number of pyridine rings is 1. The Morgan fingerprint density at radius 2 is 1.96 bits per heavy atom. The Bertz CT molecular complexity index is 984. The van der Waals surface area contributed by atoms with Crippen molar-refractivity contribution in [2.75, 3.05) is 0 Å². The van der Waals surface area contributed by atoms with Crippen molar-refractivity contribution in [3.8, 4) is 0 Å². The van der Waals surface area contributed by atoms with Gasteiger partial charge in [-0.2, -0.15) is 0 Å². The number of aromatic nitrogens is 1. The van der Waals surface area contributed by atoms with Crippen LogP contribution in [0.5, 0.6) is 0 Å². The normalized spacial score (nSPS) is 12.1. The lowest BCUT2D eigenvalue weighted by Crippen LogP contribution is -2.29. The highest BCUT2D eigenvalue weighted by Crippen LogP contribution is 2.21. The van der Waals surface area contributed by atoms with Gasteiger partial charge in [0.2, 0.25) is 0 Å². The molecule has 1 unspecified atom stereocenters. The fourth-order valence-corrected chi connectivity index (χ4v) is 2.66. The molecule has 2 N–H and O–H groups in total. The topological polar surface area (TPSA) is 62.0 Å². The lowest BCUT2D eigenvalue weighted by Gasteiger charge is -2.15. The molecular formula is C18H14ClFN2O2. The van der Waals surface area contributed by atoms with Gasteiger partial charge >= 0.3 is 0 Å². The van der Waals surface area contributed by atoms with Crippen molar-refractivity contribution in [1.82, 2.24) is 10.3 Å². The number of nitrogens with one attached hydrogen (secondary N) is 2. The van der Waals surface area contributed by atoms with E-state index in [2.05, 4.69) is 10.3 Å². The summed E-state index contributed by atoms with van der Waals surface area (Å²) in [5.74, 6) is -0.941. The number of amides is 1. The second-order valence-corrected chi connectivity index (χ2v) is 5.88. The number of fused-ring (bicyclic) bond motifs is 1. The Balaban J connectivity index is 1.86. The van der Waals surface area contributed by atoms with Crippen LogP contribution in [0, 0.1) is 5.82 Å². The summed E-state index contributed by atoms with van der Waals surface area (Å²) < 4.78 is 13.2. The molecule has 0 radical (unpaired) electrons. The smallest absolute Gasteiger partial charge is 0.268 e. The van der Waals surface area contributed by atoms with Crippen molar-refractivity contribution in [2.45, 2.75) is 13.0 Å². The van der Waals surface area contributed by atoms with Gasteiger partial charge in [-0.3, -0.25) is 9.59 Å². The van der Waals surface area contributed by atoms with E-state index in [9.17, 15) is 14.0 Å². The van der Waals surface area contributed by atoms with Gasteiger partial charge in [-0.25, -0.2) is 4.39 Å². The number of hydrogen-bond acceptors (Lipinski definition) is 2. The number of hydrogen-bond donors (Lipinski definition) is 2. The molecule has 24 heavy (non-hydrogen) atoms. The van der Waals surface area contributed by atoms with Gasteiger partial charge in [0.05, 0.1) is 11.1 Å². The predicted molar refractivity (Wildman–Crippen MR) is 91.9 cm³/mol.